The molecule has 252 valence electrons. The van der Waals surface area contributed by atoms with Crippen molar-refractivity contribution >= 4 is 29.2 Å². The van der Waals surface area contributed by atoms with Gasteiger partial charge in [0.1, 0.15) is 0 Å². The number of rotatable bonds is 6. The second-order valence-corrected chi connectivity index (χ2v) is 11.8. The highest BCUT2D eigenvalue weighted by molar-refractivity contribution is 7.07. The van der Waals surface area contributed by atoms with E-state index < -0.39 is 29.7 Å². The minimum atomic E-state index is -5.08. The summed E-state index contributed by atoms with van der Waals surface area (Å²) in [7, 11) is 0. The van der Waals surface area contributed by atoms with E-state index >= 15 is 0 Å². The van der Waals surface area contributed by atoms with Crippen LogP contribution in [0.25, 0.3) is 0 Å². The number of carbonyl (C=O) groups excluding carboxylic acids is 1. The third-order valence-electron chi connectivity index (χ3n) is 7.47. The van der Waals surface area contributed by atoms with E-state index in [1.807, 2.05) is 35.5 Å². The van der Waals surface area contributed by atoms with Crippen LogP contribution >= 0.6 is 11.3 Å². The zero-order chi connectivity index (χ0) is 34.3. The Bertz CT molecular complexity index is 1420. The van der Waals surface area contributed by atoms with E-state index in [1.165, 1.54) is 11.3 Å². The van der Waals surface area contributed by atoms with Crippen molar-refractivity contribution in [1.82, 2.24) is 24.6 Å². The van der Waals surface area contributed by atoms with Crippen molar-refractivity contribution < 1.29 is 50.9 Å². The fourth-order valence-corrected chi connectivity index (χ4v) is 6.25. The summed E-state index contributed by atoms with van der Waals surface area (Å²) in [5, 5.41) is 23.2. The molecule has 1 amide bonds. The normalized spacial score (nSPS) is 20.2. The highest BCUT2D eigenvalue weighted by Crippen LogP contribution is 2.50. The molecule has 0 aromatic carbocycles. The maximum atomic E-state index is 14.1. The van der Waals surface area contributed by atoms with Gasteiger partial charge < -0.3 is 15.1 Å². The predicted molar refractivity (Wildman–Crippen MR) is 154 cm³/mol. The molecule has 0 unspecified atom stereocenters. The van der Waals surface area contributed by atoms with Gasteiger partial charge in [-0.25, -0.2) is 9.59 Å². The SMILES string of the molecule is CC(C)n1nccc1[C@@H]1CN(Cc2ccsc2)C[C@]12CCCN(Cc1ccccn1)C2=O.O=C(O)C(F)(F)F.O=C(O)C(F)(F)F. The largest absolute Gasteiger partial charge is 0.490 e. The molecule has 5 heterocycles. The molecule has 2 atom stereocenters. The van der Waals surface area contributed by atoms with Gasteiger partial charge in [-0.2, -0.15) is 42.8 Å². The fraction of sp³-hybridized carbons (Fsp3) is 0.483. The van der Waals surface area contributed by atoms with E-state index in [-0.39, 0.29) is 17.9 Å². The summed E-state index contributed by atoms with van der Waals surface area (Å²) in [6, 6.07) is 10.5. The van der Waals surface area contributed by atoms with Crippen molar-refractivity contribution in [2.24, 2.45) is 5.41 Å². The van der Waals surface area contributed by atoms with Gasteiger partial charge in [0.15, 0.2) is 0 Å². The van der Waals surface area contributed by atoms with Gasteiger partial charge in [-0.15, -0.1) is 0 Å². The minimum absolute atomic E-state index is 0.144. The van der Waals surface area contributed by atoms with Gasteiger partial charge in [0.05, 0.1) is 17.7 Å². The number of carboxylic acid groups (broad SMARTS) is 2. The van der Waals surface area contributed by atoms with Crippen LogP contribution in [0.3, 0.4) is 0 Å². The smallest absolute Gasteiger partial charge is 0.475 e. The van der Waals surface area contributed by atoms with Gasteiger partial charge in [0.25, 0.3) is 0 Å². The van der Waals surface area contributed by atoms with E-state index in [1.54, 1.807) is 11.3 Å². The van der Waals surface area contributed by atoms with Crippen molar-refractivity contribution in [3.05, 3.63) is 70.4 Å². The molecule has 2 saturated heterocycles. The number of amides is 1. The first-order valence-electron chi connectivity index (χ1n) is 14.0. The van der Waals surface area contributed by atoms with Crippen molar-refractivity contribution in [1.29, 1.82) is 0 Å². The van der Waals surface area contributed by atoms with Crippen LogP contribution in [0.1, 0.15) is 55.6 Å². The first-order valence-corrected chi connectivity index (χ1v) is 15.0. The molecule has 17 heteroatoms. The Morgan fingerprint density at radius 3 is 2.20 bits per heavy atom. The summed E-state index contributed by atoms with van der Waals surface area (Å²) in [6.45, 7) is 8.30. The molecule has 10 nitrogen and oxygen atoms in total. The van der Waals surface area contributed by atoms with Gasteiger partial charge in [-0.1, -0.05) is 6.07 Å². The maximum Gasteiger partial charge on any atom is 0.490 e. The van der Waals surface area contributed by atoms with E-state index in [9.17, 15) is 31.1 Å². The van der Waals surface area contributed by atoms with Crippen LogP contribution in [0.4, 0.5) is 26.3 Å². The lowest BCUT2D eigenvalue weighted by Gasteiger charge is -2.42. The molecule has 46 heavy (non-hydrogen) atoms. The van der Waals surface area contributed by atoms with Crippen molar-refractivity contribution in [3.8, 4) is 0 Å². The van der Waals surface area contributed by atoms with E-state index in [0.29, 0.717) is 6.54 Å². The topological polar surface area (TPSA) is 129 Å². The molecule has 3 aromatic heterocycles. The Kier molecular flexibility index (Phi) is 11.9. The fourth-order valence-electron chi connectivity index (χ4n) is 5.59. The molecule has 3 aromatic rings. The van der Waals surface area contributed by atoms with Crippen LogP contribution < -0.4 is 0 Å². The van der Waals surface area contributed by atoms with Gasteiger partial charge in [-0.05, 0) is 67.3 Å². The second-order valence-electron chi connectivity index (χ2n) is 11.1. The highest BCUT2D eigenvalue weighted by atomic mass is 32.1. The highest BCUT2D eigenvalue weighted by Gasteiger charge is 2.56. The number of piperidine rings is 1. The molecule has 2 aliphatic rings. The third kappa shape index (κ3) is 9.28. The van der Waals surface area contributed by atoms with Gasteiger partial charge in [0, 0.05) is 56.2 Å². The Morgan fingerprint density at radius 2 is 1.67 bits per heavy atom. The third-order valence-corrected chi connectivity index (χ3v) is 8.21. The average molecular weight is 678 g/mol. The lowest BCUT2D eigenvalue weighted by Crippen LogP contribution is -2.52. The molecule has 2 aliphatic heterocycles. The number of carbonyl (C=O) groups is 3. The van der Waals surface area contributed by atoms with E-state index in [2.05, 4.69) is 56.4 Å². The number of carboxylic acids is 2. The average Bonchev–Trinajstić information content (AvgIpc) is 3.73. The van der Waals surface area contributed by atoms with Crippen molar-refractivity contribution in [3.63, 3.8) is 0 Å². The molecule has 5 rings (SSSR count). The molecular weight excluding hydrogens is 644 g/mol. The van der Waals surface area contributed by atoms with Crippen LogP contribution in [0.5, 0.6) is 0 Å². The Labute approximate surface area is 264 Å². The van der Waals surface area contributed by atoms with E-state index in [0.717, 1.165) is 44.7 Å². The number of alkyl halides is 6. The quantitative estimate of drug-likeness (QED) is 0.323. The van der Waals surface area contributed by atoms with Crippen LogP contribution in [-0.2, 0) is 27.5 Å². The molecule has 2 N–H and O–H groups in total. The summed E-state index contributed by atoms with van der Waals surface area (Å²) >= 11 is 1.73. The van der Waals surface area contributed by atoms with Crippen LogP contribution in [0.15, 0.2) is 53.5 Å². The zero-order valence-electron chi connectivity index (χ0n) is 24.8. The lowest BCUT2D eigenvalue weighted by molar-refractivity contribution is -0.193. The molecule has 0 aliphatic carbocycles. The van der Waals surface area contributed by atoms with Gasteiger partial charge >= 0.3 is 24.3 Å². The molecule has 2 fully saturated rings. The number of pyridine rings is 1. The lowest BCUT2D eigenvalue weighted by atomic mass is 9.70. The summed E-state index contributed by atoms with van der Waals surface area (Å²) in [6.07, 6.45) is -4.51. The standard InChI is InChI=1S/C25H31N5OS.2C2HF3O2/c1-19(2)30-23(7-11-27-30)22-16-28(14-20-8-13-32-17-20)18-25(22)9-5-12-29(24(25)31)15-21-6-3-4-10-26-21;2*3-2(4,5)1(6)7/h3-4,6-8,10-11,13,17,19,22H,5,9,12,14-16,18H2,1-2H3;2*(H,6,7)/t22-,25+;;/m0../s1. The zero-order valence-corrected chi connectivity index (χ0v) is 25.6. The van der Waals surface area contributed by atoms with Gasteiger partial charge in [0.2, 0.25) is 5.91 Å². The minimum Gasteiger partial charge on any atom is -0.475 e. The molecule has 1 spiro atoms. The maximum absolute atomic E-state index is 14.1. The van der Waals surface area contributed by atoms with Crippen LogP contribution in [0, 0.1) is 5.41 Å². The van der Waals surface area contributed by atoms with Crippen LogP contribution in [-0.4, -0.2) is 84.6 Å². The summed E-state index contributed by atoms with van der Waals surface area (Å²) < 4.78 is 65.6. The summed E-state index contributed by atoms with van der Waals surface area (Å²) in [4.78, 5) is 40.9. The first-order chi connectivity index (χ1) is 21.5. The Morgan fingerprint density at radius 1 is 1.02 bits per heavy atom. The van der Waals surface area contributed by atoms with Gasteiger partial charge in [-0.3, -0.25) is 19.4 Å². The predicted octanol–water partition coefficient (Wildman–Crippen LogP) is 5.60. The van der Waals surface area contributed by atoms with E-state index in [4.69, 9.17) is 19.8 Å². The number of likely N-dealkylation sites (tertiary alicyclic amines) is 2. The molecule has 0 saturated carbocycles. The molecular formula is C29H33F6N5O5S. The molecule has 0 bridgehead atoms. The number of aliphatic carboxylic acids is 2. The monoisotopic (exact) mass is 677 g/mol. The first kappa shape index (κ1) is 36.5. The Balaban J connectivity index is 0.000000345. The number of nitrogens with zero attached hydrogens (tertiary/aromatic N) is 5. The number of hydrogen-bond acceptors (Lipinski definition) is 7. The number of hydrogen-bond donors (Lipinski definition) is 2. The summed E-state index contributed by atoms with van der Waals surface area (Å²) in [5.41, 5.74) is 3.07. The Hall–Kier alpha value is -3.99. The van der Waals surface area contributed by atoms with Crippen molar-refractivity contribution in [2.75, 3.05) is 19.6 Å². The molecule has 0 radical (unpaired) electrons. The number of aromatic nitrogens is 3. The number of thiophene rings is 1. The van der Waals surface area contributed by atoms with Crippen molar-refractivity contribution in [2.45, 2.75) is 64.1 Å². The number of halogens is 6. The second kappa shape index (κ2) is 15.1. The van der Waals surface area contributed by atoms with Crippen LogP contribution in [0.2, 0.25) is 0 Å². The summed E-state index contributed by atoms with van der Waals surface area (Å²) in [5.74, 6) is -5.09.